The minimum absolute atomic E-state index is 0.0102. The maximum Gasteiger partial charge on any atom is 0.224 e. The highest BCUT2D eigenvalue weighted by molar-refractivity contribution is 5.80. The number of hydrogen-bond donors (Lipinski definition) is 1. The van der Waals surface area contributed by atoms with Gasteiger partial charge in [0.2, 0.25) is 5.91 Å². The van der Waals surface area contributed by atoms with Crippen molar-refractivity contribution >= 4 is 5.91 Å². The molecule has 5 nitrogen and oxygen atoms in total. The fraction of sp³-hybridized carbons (Fsp3) is 0.850. The molecule has 4 fully saturated rings. The van der Waals surface area contributed by atoms with Crippen molar-refractivity contribution in [2.75, 3.05) is 0 Å². The summed E-state index contributed by atoms with van der Waals surface area (Å²) in [5.41, 5.74) is 0. The first kappa shape index (κ1) is 15.8. The molecule has 136 valence electrons. The Kier molecular flexibility index (Phi) is 3.68. The summed E-state index contributed by atoms with van der Waals surface area (Å²) in [7, 11) is 0. The zero-order valence-electron chi connectivity index (χ0n) is 15.4. The molecule has 1 aromatic rings. The first-order chi connectivity index (χ1) is 12.1. The molecule has 0 spiro atoms. The number of aryl methyl sites for hydroxylation is 1. The van der Waals surface area contributed by atoms with Gasteiger partial charge in [-0.15, -0.1) is 10.2 Å². The second-order valence-electron chi connectivity index (χ2n) is 9.42. The van der Waals surface area contributed by atoms with Gasteiger partial charge in [-0.1, -0.05) is 13.8 Å². The number of fused-ring (bicyclic) bond motifs is 1. The predicted molar refractivity (Wildman–Crippen MR) is 94.6 cm³/mol. The van der Waals surface area contributed by atoms with Crippen molar-refractivity contribution < 1.29 is 4.79 Å². The average Bonchev–Trinajstić information content (AvgIpc) is 3.14. The van der Waals surface area contributed by atoms with Crippen molar-refractivity contribution in [1.82, 2.24) is 20.1 Å². The molecule has 1 atom stereocenters. The number of amides is 1. The van der Waals surface area contributed by atoms with Gasteiger partial charge in [0, 0.05) is 18.9 Å². The van der Waals surface area contributed by atoms with Crippen molar-refractivity contribution in [3.8, 4) is 0 Å². The first-order valence-corrected chi connectivity index (χ1v) is 10.3. The Balaban J connectivity index is 1.36. The highest BCUT2D eigenvalue weighted by atomic mass is 16.2. The van der Waals surface area contributed by atoms with Crippen LogP contribution in [-0.4, -0.2) is 20.7 Å². The van der Waals surface area contributed by atoms with E-state index >= 15 is 0 Å². The Labute approximate surface area is 150 Å². The molecule has 6 rings (SSSR count). The van der Waals surface area contributed by atoms with Crippen molar-refractivity contribution in [2.45, 2.75) is 71.4 Å². The fourth-order valence-corrected chi connectivity index (χ4v) is 6.54. The van der Waals surface area contributed by atoms with Crippen molar-refractivity contribution in [2.24, 2.45) is 35.5 Å². The second-order valence-corrected chi connectivity index (χ2v) is 9.42. The summed E-state index contributed by atoms with van der Waals surface area (Å²) >= 11 is 0. The van der Waals surface area contributed by atoms with Gasteiger partial charge < -0.3 is 9.88 Å². The zero-order chi connectivity index (χ0) is 17.1. The number of nitrogens with zero attached hydrogens (tertiary/aromatic N) is 3. The zero-order valence-corrected chi connectivity index (χ0v) is 15.4. The molecule has 1 amide bonds. The summed E-state index contributed by atoms with van der Waals surface area (Å²) in [6, 6.07) is -0.0102. The lowest BCUT2D eigenvalue weighted by Gasteiger charge is -2.53. The maximum atomic E-state index is 13.3. The van der Waals surface area contributed by atoms with E-state index in [-0.39, 0.29) is 12.0 Å². The highest BCUT2D eigenvalue weighted by Gasteiger charge is 2.51. The van der Waals surface area contributed by atoms with Crippen molar-refractivity contribution in [3.05, 3.63) is 11.6 Å². The van der Waals surface area contributed by atoms with Gasteiger partial charge in [0.15, 0.2) is 5.82 Å². The van der Waals surface area contributed by atoms with Crippen LogP contribution in [0.15, 0.2) is 0 Å². The van der Waals surface area contributed by atoms with E-state index in [1.165, 1.54) is 32.1 Å². The number of rotatable bonds is 4. The maximum absolute atomic E-state index is 13.3. The first-order valence-electron chi connectivity index (χ1n) is 10.3. The smallest absolute Gasteiger partial charge is 0.224 e. The van der Waals surface area contributed by atoms with E-state index in [1.807, 2.05) is 0 Å². The molecule has 5 heteroatoms. The van der Waals surface area contributed by atoms with Crippen LogP contribution in [0, 0.1) is 35.5 Å². The molecule has 25 heavy (non-hydrogen) atoms. The van der Waals surface area contributed by atoms with E-state index in [0.29, 0.717) is 23.7 Å². The van der Waals surface area contributed by atoms with Gasteiger partial charge in [-0.3, -0.25) is 4.79 Å². The van der Waals surface area contributed by atoms with E-state index in [1.54, 1.807) is 0 Å². The van der Waals surface area contributed by atoms with E-state index in [0.717, 1.165) is 42.9 Å². The molecule has 0 radical (unpaired) electrons. The van der Waals surface area contributed by atoms with Gasteiger partial charge in [0.05, 0.1) is 6.04 Å². The molecule has 4 saturated carbocycles. The molecule has 0 saturated heterocycles. The van der Waals surface area contributed by atoms with Crippen LogP contribution in [0.5, 0.6) is 0 Å². The standard InChI is InChI=1S/C20H30N4O/c1-11(2)18(19-23-22-16-4-3-5-24(16)19)21-20(25)17-14-7-12-6-13(9-14)10-15(17)8-12/h11-15,17-18H,3-10H2,1-2H3,(H,21,25)/t12?,13?,14?,15?,17?,18-/m1/s1. The summed E-state index contributed by atoms with van der Waals surface area (Å²) < 4.78 is 2.24. The molecule has 1 aromatic heterocycles. The third-order valence-corrected chi connectivity index (χ3v) is 7.41. The Hall–Kier alpha value is -1.39. The molecule has 5 aliphatic rings. The average molecular weight is 342 g/mol. The van der Waals surface area contributed by atoms with Crippen LogP contribution >= 0.6 is 0 Å². The van der Waals surface area contributed by atoms with Crippen LogP contribution in [0.2, 0.25) is 0 Å². The normalized spacial score (nSPS) is 36.7. The molecular weight excluding hydrogens is 312 g/mol. The second kappa shape index (κ2) is 5.82. The lowest BCUT2D eigenvalue weighted by molar-refractivity contribution is -0.139. The molecule has 4 aliphatic carbocycles. The van der Waals surface area contributed by atoms with Crippen LogP contribution in [0.3, 0.4) is 0 Å². The van der Waals surface area contributed by atoms with Gasteiger partial charge >= 0.3 is 0 Å². The number of carbonyl (C=O) groups is 1. The summed E-state index contributed by atoms with van der Waals surface area (Å²) in [5, 5.41) is 12.2. The molecule has 2 heterocycles. The van der Waals surface area contributed by atoms with Crippen LogP contribution in [0.1, 0.15) is 70.1 Å². The summed E-state index contributed by atoms with van der Waals surface area (Å²) in [4.78, 5) is 13.3. The summed E-state index contributed by atoms with van der Waals surface area (Å²) in [6.45, 7) is 5.35. The number of carbonyl (C=O) groups excluding carboxylic acids is 1. The van der Waals surface area contributed by atoms with Crippen molar-refractivity contribution in [3.63, 3.8) is 0 Å². The van der Waals surface area contributed by atoms with E-state index in [4.69, 9.17) is 0 Å². The molecule has 4 bridgehead atoms. The fourth-order valence-electron chi connectivity index (χ4n) is 6.54. The minimum Gasteiger partial charge on any atom is -0.346 e. The van der Waals surface area contributed by atoms with E-state index < -0.39 is 0 Å². The summed E-state index contributed by atoms with van der Waals surface area (Å²) in [6.07, 6.45) is 8.75. The Morgan fingerprint density at radius 3 is 2.40 bits per heavy atom. The van der Waals surface area contributed by atoms with Gasteiger partial charge in [-0.05, 0) is 68.1 Å². The third-order valence-electron chi connectivity index (χ3n) is 7.41. The van der Waals surface area contributed by atoms with Crippen LogP contribution in [0.25, 0.3) is 0 Å². The molecule has 0 unspecified atom stereocenters. The van der Waals surface area contributed by atoms with E-state index in [9.17, 15) is 4.79 Å². The monoisotopic (exact) mass is 342 g/mol. The van der Waals surface area contributed by atoms with Gasteiger partial charge in [0.1, 0.15) is 5.82 Å². The van der Waals surface area contributed by atoms with Crippen LogP contribution in [0.4, 0.5) is 0 Å². The lowest BCUT2D eigenvalue weighted by Crippen LogP contribution is -2.52. The molecule has 1 N–H and O–H groups in total. The number of aromatic nitrogens is 3. The summed E-state index contributed by atoms with van der Waals surface area (Å²) in [5.74, 6) is 6.01. The van der Waals surface area contributed by atoms with Crippen molar-refractivity contribution in [1.29, 1.82) is 0 Å². The molecule has 1 aliphatic heterocycles. The lowest BCUT2D eigenvalue weighted by atomic mass is 9.51. The largest absolute Gasteiger partial charge is 0.346 e. The Morgan fingerprint density at radius 1 is 1.08 bits per heavy atom. The number of hydrogen-bond acceptors (Lipinski definition) is 3. The Morgan fingerprint density at radius 2 is 1.76 bits per heavy atom. The van der Waals surface area contributed by atoms with Crippen LogP contribution in [-0.2, 0) is 17.8 Å². The molecule has 0 aromatic carbocycles. The topological polar surface area (TPSA) is 59.8 Å². The number of nitrogens with one attached hydrogen (secondary N) is 1. The SMILES string of the molecule is CC(C)[C@@H](NC(=O)C1C2CC3CC(C2)CC1C3)c1nnc2n1CCC2. The van der Waals surface area contributed by atoms with Gasteiger partial charge in [0.25, 0.3) is 0 Å². The molecular formula is C20H30N4O. The van der Waals surface area contributed by atoms with E-state index in [2.05, 4.69) is 33.9 Å². The van der Waals surface area contributed by atoms with Crippen LogP contribution < -0.4 is 5.32 Å². The predicted octanol–water partition coefficient (Wildman–Crippen LogP) is 3.11. The highest BCUT2D eigenvalue weighted by Crippen LogP contribution is 2.56. The minimum atomic E-state index is -0.0102. The Bertz CT molecular complexity index is 651. The third kappa shape index (κ3) is 2.53. The quantitative estimate of drug-likeness (QED) is 0.914. The van der Waals surface area contributed by atoms with Gasteiger partial charge in [-0.2, -0.15) is 0 Å². The van der Waals surface area contributed by atoms with Gasteiger partial charge in [-0.25, -0.2) is 0 Å².